The number of rotatable bonds is 14. The van der Waals surface area contributed by atoms with Crippen LogP contribution in [0.25, 0.3) is 0 Å². The van der Waals surface area contributed by atoms with Crippen LogP contribution in [0.5, 0.6) is 0 Å². The molecule has 1 aliphatic rings. The molecule has 0 aromatic heterocycles. The third-order valence-electron chi connectivity index (χ3n) is 5.37. The first kappa shape index (κ1) is 25.7. The first-order valence-corrected chi connectivity index (χ1v) is 10.2. The number of unbranched alkanes of at least 4 members (excludes halogenated alkanes) is 7. The number of carboxylic acid groups (broad SMARTS) is 2. The van der Waals surface area contributed by atoms with Crippen molar-refractivity contribution in [2.45, 2.75) is 90.4 Å². The molecule has 0 aromatic rings. The van der Waals surface area contributed by atoms with Gasteiger partial charge < -0.3 is 15.0 Å². The monoisotopic (exact) mass is 374 g/mol. The van der Waals surface area contributed by atoms with Gasteiger partial charge in [0.05, 0.1) is 5.92 Å². The summed E-state index contributed by atoms with van der Waals surface area (Å²) >= 11 is 0. The van der Waals surface area contributed by atoms with E-state index in [0.717, 1.165) is 51.4 Å². The van der Waals surface area contributed by atoms with E-state index in [9.17, 15) is 19.8 Å². The zero-order valence-electron chi connectivity index (χ0n) is 16.8. The zero-order valence-corrected chi connectivity index (χ0v) is 18.8. The molecule has 0 spiro atoms. The fourth-order valence-corrected chi connectivity index (χ4v) is 3.82. The second kappa shape index (κ2) is 15.7. The van der Waals surface area contributed by atoms with Crippen LogP contribution >= 0.6 is 0 Å². The summed E-state index contributed by atoms with van der Waals surface area (Å²) in [6.07, 6.45) is 17.0. The molecule has 3 unspecified atom stereocenters. The molecule has 0 aliphatic heterocycles. The molecule has 26 heavy (non-hydrogen) atoms. The van der Waals surface area contributed by atoms with Crippen molar-refractivity contribution in [1.82, 2.24) is 0 Å². The van der Waals surface area contributed by atoms with Crippen LogP contribution in [0.3, 0.4) is 0 Å². The normalized spacial score (nSPS) is 22.0. The number of hydrogen-bond acceptors (Lipinski definition) is 3. The molecular formula is C21H35NaO4. The van der Waals surface area contributed by atoms with Crippen molar-refractivity contribution in [2.24, 2.45) is 17.8 Å². The molecule has 0 radical (unpaired) electrons. The summed E-state index contributed by atoms with van der Waals surface area (Å²) in [6.45, 7) is 2.19. The van der Waals surface area contributed by atoms with Crippen LogP contribution in [0.1, 0.15) is 90.4 Å². The third kappa shape index (κ3) is 11.4. The molecule has 1 N–H and O–H groups in total. The van der Waals surface area contributed by atoms with Gasteiger partial charge in [0.25, 0.3) is 0 Å². The van der Waals surface area contributed by atoms with Crippen molar-refractivity contribution in [2.75, 3.05) is 0 Å². The average molecular weight is 374 g/mol. The van der Waals surface area contributed by atoms with Crippen LogP contribution in [-0.4, -0.2) is 17.0 Å². The van der Waals surface area contributed by atoms with Crippen molar-refractivity contribution < 1.29 is 49.4 Å². The summed E-state index contributed by atoms with van der Waals surface area (Å²) < 4.78 is 0. The van der Waals surface area contributed by atoms with Gasteiger partial charge >= 0.3 is 35.5 Å². The largest absolute Gasteiger partial charge is 1.00 e. The average Bonchev–Trinajstić information content (AvgIpc) is 2.58. The van der Waals surface area contributed by atoms with Crippen LogP contribution in [-0.2, 0) is 9.59 Å². The smallest absolute Gasteiger partial charge is 0.550 e. The second-order valence-corrected chi connectivity index (χ2v) is 7.52. The van der Waals surface area contributed by atoms with Gasteiger partial charge in [-0.15, -0.1) is 0 Å². The van der Waals surface area contributed by atoms with Gasteiger partial charge in [0.1, 0.15) is 0 Å². The molecule has 0 fully saturated rings. The van der Waals surface area contributed by atoms with Gasteiger partial charge in [0, 0.05) is 5.97 Å². The molecule has 1 aliphatic carbocycles. The molecular weight excluding hydrogens is 339 g/mol. The standard InChI is InChI=1S/C21H36O4.Na/c1-2-3-4-9-12-18-15-14-17(16-19(18)21(24)25)11-8-6-5-7-10-13-20(22)23;/h14-15,17-19H,2-13,16H2,1H3,(H,22,23)(H,24,25);/q;+1/p-1. The first-order valence-electron chi connectivity index (χ1n) is 10.2. The minimum absolute atomic E-state index is 0. The fourth-order valence-electron chi connectivity index (χ4n) is 3.82. The Balaban J connectivity index is 0.00000625. The molecule has 0 saturated heterocycles. The van der Waals surface area contributed by atoms with E-state index in [4.69, 9.17) is 0 Å². The Kier molecular flexibility index (Phi) is 15.5. The van der Waals surface area contributed by atoms with E-state index in [0.29, 0.717) is 12.3 Å². The van der Waals surface area contributed by atoms with E-state index in [1.807, 2.05) is 0 Å². The van der Waals surface area contributed by atoms with Gasteiger partial charge in [-0.05, 0) is 43.9 Å². The van der Waals surface area contributed by atoms with E-state index in [2.05, 4.69) is 19.1 Å². The maximum absolute atomic E-state index is 11.6. The predicted molar refractivity (Wildman–Crippen MR) is 97.9 cm³/mol. The summed E-state index contributed by atoms with van der Waals surface area (Å²) in [5.41, 5.74) is 0. The number of carbonyl (C=O) groups excluding carboxylic acids is 1. The van der Waals surface area contributed by atoms with Gasteiger partial charge in [-0.1, -0.05) is 70.4 Å². The molecule has 3 atom stereocenters. The minimum Gasteiger partial charge on any atom is -0.550 e. The van der Waals surface area contributed by atoms with Crippen LogP contribution < -0.4 is 34.7 Å². The third-order valence-corrected chi connectivity index (χ3v) is 5.37. The number of aliphatic carboxylic acids is 2. The minimum atomic E-state index is -0.962. The van der Waals surface area contributed by atoms with Crippen molar-refractivity contribution in [3.8, 4) is 0 Å². The van der Waals surface area contributed by atoms with Gasteiger partial charge in [-0.3, -0.25) is 4.79 Å². The van der Waals surface area contributed by atoms with Crippen LogP contribution in [0.2, 0.25) is 0 Å². The van der Waals surface area contributed by atoms with Gasteiger partial charge in [0.2, 0.25) is 0 Å². The number of carboxylic acids is 2. The first-order chi connectivity index (χ1) is 12.0. The number of allylic oxidation sites excluding steroid dienone is 2. The van der Waals surface area contributed by atoms with Gasteiger partial charge in [-0.25, -0.2) is 0 Å². The molecule has 5 heteroatoms. The Hall–Kier alpha value is -0.320. The van der Waals surface area contributed by atoms with E-state index in [1.54, 1.807) is 0 Å². The fraction of sp³-hybridized carbons (Fsp3) is 0.810. The molecule has 0 heterocycles. The Morgan fingerprint density at radius 3 is 2.23 bits per heavy atom. The Bertz CT molecular complexity index is 422. The number of hydrogen-bond donors (Lipinski definition) is 1. The van der Waals surface area contributed by atoms with Gasteiger partial charge in [0.15, 0.2) is 0 Å². The van der Waals surface area contributed by atoms with E-state index < -0.39 is 11.9 Å². The predicted octanol–water partition coefficient (Wildman–Crippen LogP) is 1.33. The van der Waals surface area contributed by atoms with Crippen molar-refractivity contribution in [3.05, 3.63) is 12.2 Å². The number of carbonyl (C=O) groups is 2. The zero-order chi connectivity index (χ0) is 18.5. The maximum atomic E-state index is 11.6. The van der Waals surface area contributed by atoms with Crippen LogP contribution in [0, 0.1) is 17.8 Å². The van der Waals surface area contributed by atoms with E-state index in [1.165, 1.54) is 19.3 Å². The van der Waals surface area contributed by atoms with Crippen molar-refractivity contribution in [1.29, 1.82) is 0 Å². The van der Waals surface area contributed by atoms with E-state index >= 15 is 0 Å². The molecule has 0 amide bonds. The Morgan fingerprint density at radius 1 is 0.962 bits per heavy atom. The van der Waals surface area contributed by atoms with Crippen molar-refractivity contribution in [3.63, 3.8) is 0 Å². The molecule has 0 aromatic carbocycles. The summed E-state index contributed by atoms with van der Waals surface area (Å²) in [5.74, 6) is -1.24. The maximum Gasteiger partial charge on any atom is 1.00 e. The van der Waals surface area contributed by atoms with E-state index in [-0.39, 0.29) is 47.8 Å². The van der Waals surface area contributed by atoms with Crippen molar-refractivity contribution >= 4 is 11.9 Å². The second-order valence-electron chi connectivity index (χ2n) is 7.52. The molecule has 0 bridgehead atoms. The molecule has 4 nitrogen and oxygen atoms in total. The Labute approximate surface area is 181 Å². The summed E-state index contributed by atoms with van der Waals surface area (Å²) in [6, 6.07) is 0. The topological polar surface area (TPSA) is 77.4 Å². The molecule has 0 saturated carbocycles. The summed E-state index contributed by atoms with van der Waals surface area (Å²) in [4.78, 5) is 22.0. The summed E-state index contributed by atoms with van der Waals surface area (Å²) in [5, 5.41) is 19.9. The molecule has 144 valence electrons. The summed E-state index contributed by atoms with van der Waals surface area (Å²) in [7, 11) is 0. The quantitative estimate of drug-likeness (QED) is 0.283. The Morgan fingerprint density at radius 2 is 1.58 bits per heavy atom. The molecule has 1 rings (SSSR count). The van der Waals surface area contributed by atoms with Gasteiger partial charge in [-0.2, -0.15) is 0 Å². The SMILES string of the molecule is CCCCCCC1C=CC(CCCCCCCC(=O)[O-])CC1C(=O)O.[Na+]. The van der Waals surface area contributed by atoms with Crippen LogP contribution in [0.15, 0.2) is 12.2 Å². The van der Waals surface area contributed by atoms with Crippen LogP contribution in [0.4, 0.5) is 0 Å².